The number of aliphatic hydroxyl groups excluding tert-OH is 4. The molecule has 9 nitrogen and oxygen atoms in total. The van der Waals surface area contributed by atoms with Crippen LogP contribution in [0.25, 0.3) is 0 Å². The second-order valence-corrected chi connectivity index (χ2v) is 4.49. The van der Waals surface area contributed by atoms with Crippen LogP contribution in [0.2, 0.25) is 0 Å². The molecule has 0 aromatic heterocycles. The van der Waals surface area contributed by atoms with Gasteiger partial charge in [0.25, 0.3) is 0 Å². The summed E-state index contributed by atoms with van der Waals surface area (Å²) in [6.45, 7) is -0.702. The van der Waals surface area contributed by atoms with Gasteiger partial charge in [0, 0.05) is 0 Å². The van der Waals surface area contributed by atoms with Crippen molar-refractivity contribution in [2.24, 2.45) is 0 Å². The van der Waals surface area contributed by atoms with Crippen LogP contribution in [0.15, 0.2) is 0 Å². The number of phosphoric acid groups is 1. The van der Waals surface area contributed by atoms with E-state index in [2.05, 4.69) is 9.26 Å². The summed E-state index contributed by atoms with van der Waals surface area (Å²) in [5, 5.41) is 36.6. The number of phosphoric ester groups is 1. The van der Waals surface area contributed by atoms with E-state index >= 15 is 0 Å². The van der Waals surface area contributed by atoms with Crippen molar-refractivity contribution in [1.29, 1.82) is 0 Å². The zero-order chi connectivity index (χ0) is 12.5. The molecule has 6 N–H and O–H groups in total. The first-order valence-electron chi connectivity index (χ1n) is 4.30. The molecule has 1 saturated heterocycles. The Balaban J connectivity index is 2.75. The Morgan fingerprint density at radius 1 is 1.12 bits per heavy atom. The summed E-state index contributed by atoms with van der Waals surface area (Å²) in [7, 11) is -4.91. The Hall–Kier alpha value is -0.0900. The van der Waals surface area contributed by atoms with Crippen LogP contribution in [0.5, 0.6) is 0 Å². The van der Waals surface area contributed by atoms with Gasteiger partial charge in [0.2, 0.25) is 0 Å². The minimum absolute atomic E-state index is 0.702. The third kappa shape index (κ3) is 3.20. The molecule has 5 atom stereocenters. The van der Waals surface area contributed by atoms with Crippen LogP contribution in [-0.4, -0.2) is 67.5 Å². The monoisotopic (exact) mass is 260 g/mol. The average molecular weight is 260 g/mol. The number of hydrogen-bond donors (Lipinski definition) is 6. The molecule has 1 heterocycles. The molecule has 0 aliphatic carbocycles. The van der Waals surface area contributed by atoms with E-state index in [0.717, 1.165) is 0 Å². The highest BCUT2D eigenvalue weighted by Gasteiger charge is 2.46. The van der Waals surface area contributed by atoms with E-state index in [0.29, 0.717) is 0 Å². The van der Waals surface area contributed by atoms with E-state index in [-0.39, 0.29) is 0 Å². The summed E-state index contributed by atoms with van der Waals surface area (Å²) >= 11 is 0. The van der Waals surface area contributed by atoms with E-state index < -0.39 is 45.1 Å². The SMILES string of the molecule is O=P(O)(O)O[C@H]1O[C@@H](CO)[C@H](O)[C@@H](O)[C@H]1O. The Morgan fingerprint density at radius 3 is 2.12 bits per heavy atom. The molecule has 96 valence electrons. The molecule has 0 aromatic carbocycles. The lowest BCUT2D eigenvalue weighted by Gasteiger charge is -2.39. The molecule has 0 saturated carbocycles. The molecule has 0 aromatic rings. The van der Waals surface area contributed by atoms with Crippen molar-refractivity contribution in [2.45, 2.75) is 30.7 Å². The molecular weight excluding hydrogens is 247 g/mol. The van der Waals surface area contributed by atoms with Gasteiger partial charge in [-0.3, -0.25) is 4.52 Å². The summed E-state index contributed by atoms with van der Waals surface area (Å²) in [6.07, 6.45) is -8.25. The smallest absolute Gasteiger partial charge is 0.394 e. The van der Waals surface area contributed by atoms with Crippen molar-refractivity contribution in [3.05, 3.63) is 0 Å². The normalized spacial score (nSPS) is 41.0. The number of aliphatic hydroxyl groups is 4. The van der Waals surface area contributed by atoms with Crippen molar-refractivity contribution >= 4 is 7.82 Å². The van der Waals surface area contributed by atoms with Crippen LogP contribution in [0.1, 0.15) is 0 Å². The molecule has 0 amide bonds. The van der Waals surface area contributed by atoms with Crippen molar-refractivity contribution in [1.82, 2.24) is 0 Å². The lowest BCUT2D eigenvalue weighted by atomic mass is 10.00. The van der Waals surface area contributed by atoms with Crippen LogP contribution in [0.4, 0.5) is 0 Å². The minimum atomic E-state index is -4.91. The van der Waals surface area contributed by atoms with Crippen LogP contribution < -0.4 is 0 Å². The second-order valence-electron chi connectivity index (χ2n) is 3.29. The van der Waals surface area contributed by atoms with Crippen LogP contribution in [-0.2, 0) is 13.8 Å². The molecule has 1 aliphatic heterocycles. The molecule has 16 heavy (non-hydrogen) atoms. The van der Waals surface area contributed by atoms with Gasteiger partial charge in [-0.15, -0.1) is 0 Å². The maximum atomic E-state index is 10.5. The summed E-state index contributed by atoms with van der Waals surface area (Å²) < 4.78 is 19.2. The van der Waals surface area contributed by atoms with Crippen LogP contribution >= 0.6 is 7.82 Å². The highest BCUT2D eigenvalue weighted by atomic mass is 31.2. The fourth-order valence-electron chi connectivity index (χ4n) is 1.29. The van der Waals surface area contributed by atoms with E-state index in [4.69, 9.17) is 14.9 Å². The Kier molecular flexibility index (Phi) is 4.41. The molecule has 0 radical (unpaired) electrons. The van der Waals surface area contributed by atoms with Crippen molar-refractivity contribution in [3.63, 3.8) is 0 Å². The molecular formula is C6H13O9P. The first-order valence-corrected chi connectivity index (χ1v) is 5.83. The molecule has 0 bridgehead atoms. The Bertz CT molecular complexity index is 275. The first kappa shape index (κ1) is 14.0. The van der Waals surface area contributed by atoms with Gasteiger partial charge in [-0.05, 0) is 0 Å². The van der Waals surface area contributed by atoms with E-state index in [1.807, 2.05) is 0 Å². The summed E-state index contributed by atoms with van der Waals surface area (Å²) in [5.74, 6) is 0. The third-order valence-corrected chi connectivity index (χ3v) is 2.57. The van der Waals surface area contributed by atoms with Crippen LogP contribution in [0.3, 0.4) is 0 Å². The zero-order valence-corrected chi connectivity index (χ0v) is 8.84. The van der Waals surface area contributed by atoms with Crippen molar-refractivity contribution in [2.75, 3.05) is 6.61 Å². The predicted octanol–water partition coefficient (Wildman–Crippen LogP) is -3.10. The Labute approximate surface area is 90.1 Å². The van der Waals surface area contributed by atoms with E-state index in [1.54, 1.807) is 0 Å². The summed E-state index contributed by atoms with van der Waals surface area (Å²) in [5.41, 5.74) is 0. The molecule has 0 unspecified atom stereocenters. The van der Waals surface area contributed by atoms with E-state index in [9.17, 15) is 19.9 Å². The summed E-state index contributed by atoms with van der Waals surface area (Å²) in [6, 6.07) is 0. The van der Waals surface area contributed by atoms with Gasteiger partial charge < -0.3 is 34.9 Å². The second kappa shape index (κ2) is 5.05. The van der Waals surface area contributed by atoms with E-state index in [1.165, 1.54) is 0 Å². The topological polar surface area (TPSA) is 157 Å². The highest BCUT2D eigenvalue weighted by Crippen LogP contribution is 2.40. The maximum Gasteiger partial charge on any atom is 0.472 e. The minimum Gasteiger partial charge on any atom is -0.394 e. The fraction of sp³-hybridized carbons (Fsp3) is 1.00. The van der Waals surface area contributed by atoms with Gasteiger partial charge in [-0.1, -0.05) is 0 Å². The quantitative estimate of drug-likeness (QED) is 0.289. The maximum absolute atomic E-state index is 10.5. The number of hydrogen-bond acceptors (Lipinski definition) is 7. The number of ether oxygens (including phenoxy) is 1. The third-order valence-electron chi connectivity index (χ3n) is 2.09. The first-order chi connectivity index (χ1) is 7.26. The molecule has 1 fully saturated rings. The standard InChI is InChI=1S/C6H13O9P/c7-1-2-3(8)4(9)5(10)6(14-2)15-16(11,12)13/h2-10H,1H2,(H2,11,12,13)/t2-,3-,4+,5+,6+/m0/s1. The van der Waals surface area contributed by atoms with Gasteiger partial charge in [0.15, 0.2) is 6.29 Å². The van der Waals surface area contributed by atoms with Crippen LogP contribution in [0, 0.1) is 0 Å². The summed E-state index contributed by atoms with van der Waals surface area (Å²) in [4.78, 5) is 17.0. The molecule has 10 heteroatoms. The molecule has 0 spiro atoms. The fourth-order valence-corrected chi connectivity index (χ4v) is 1.73. The van der Waals surface area contributed by atoms with Gasteiger partial charge >= 0.3 is 7.82 Å². The number of rotatable bonds is 3. The van der Waals surface area contributed by atoms with Crippen molar-refractivity contribution < 1.29 is 44.0 Å². The lowest BCUT2D eigenvalue weighted by molar-refractivity contribution is -0.280. The largest absolute Gasteiger partial charge is 0.472 e. The van der Waals surface area contributed by atoms with Gasteiger partial charge in [-0.25, -0.2) is 4.57 Å². The molecule has 1 aliphatic rings. The predicted molar refractivity (Wildman–Crippen MR) is 46.9 cm³/mol. The van der Waals surface area contributed by atoms with Crippen molar-refractivity contribution in [3.8, 4) is 0 Å². The molecule has 1 rings (SSSR count). The van der Waals surface area contributed by atoms with Gasteiger partial charge in [0.1, 0.15) is 24.4 Å². The lowest BCUT2D eigenvalue weighted by Crippen LogP contribution is -2.58. The highest BCUT2D eigenvalue weighted by molar-refractivity contribution is 7.46. The van der Waals surface area contributed by atoms with Gasteiger partial charge in [-0.2, -0.15) is 0 Å². The Morgan fingerprint density at radius 2 is 1.69 bits per heavy atom. The zero-order valence-electron chi connectivity index (χ0n) is 7.95. The average Bonchev–Trinajstić information content (AvgIpc) is 2.17. The van der Waals surface area contributed by atoms with Gasteiger partial charge in [0.05, 0.1) is 6.61 Å².